The van der Waals surface area contributed by atoms with Crippen LogP contribution in [0.25, 0.3) is 11.1 Å². The number of carbonyl (C=O) groups is 1. The summed E-state index contributed by atoms with van der Waals surface area (Å²) >= 11 is 0. The van der Waals surface area contributed by atoms with Crippen molar-refractivity contribution in [3.8, 4) is 5.75 Å². The number of oxazole rings is 1. The average Bonchev–Trinajstić information content (AvgIpc) is 2.90. The third-order valence-corrected chi connectivity index (χ3v) is 4.12. The van der Waals surface area contributed by atoms with Crippen molar-refractivity contribution in [2.45, 2.75) is 19.0 Å². The predicted octanol–water partition coefficient (Wildman–Crippen LogP) is 1.71. The molecule has 2 heterocycles. The zero-order valence-electron chi connectivity index (χ0n) is 12.9. The van der Waals surface area contributed by atoms with Crippen LogP contribution >= 0.6 is 0 Å². The molecule has 1 aliphatic heterocycles. The molecular formula is C18H16N2O4. The quantitative estimate of drug-likeness (QED) is 0.796. The van der Waals surface area contributed by atoms with E-state index in [-0.39, 0.29) is 18.5 Å². The Morgan fingerprint density at radius 3 is 2.88 bits per heavy atom. The van der Waals surface area contributed by atoms with E-state index in [9.17, 15) is 9.59 Å². The van der Waals surface area contributed by atoms with Crippen molar-refractivity contribution in [1.29, 1.82) is 0 Å². The Labute approximate surface area is 137 Å². The van der Waals surface area contributed by atoms with Gasteiger partial charge in [0.1, 0.15) is 18.9 Å². The smallest absolute Gasteiger partial charge is 0.420 e. The number of hydrogen-bond donors (Lipinski definition) is 1. The Kier molecular flexibility index (Phi) is 3.57. The highest BCUT2D eigenvalue weighted by molar-refractivity contribution is 5.79. The molecule has 1 amide bonds. The molecule has 1 N–H and O–H groups in total. The fourth-order valence-electron chi connectivity index (χ4n) is 3.00. The predicted molar refractivity (Wildman–Crippen MR) is 88.0 cm³/mol. The van der Waals surface area contributed by atoms with E-state index in [1.807, 2.05) is 24.3 Å². The van der Waals surface area contributed by atoms with E-state index in [2.05, 4.69) is 5.32 Å². The van der Waals surface area contributed by atoms with Crippen LogP contribution in [0.15, 0.2) is 57.7 Å². The van der Waals surface area contributed by atoms with Gasteiger partial charge in [-0.05, 0) is 30.2 Å². The first-order chi connectivity index (χ1) is 11.7. The lowest BCUT2D eigenvalue weighted by Gasteiger charge is -2.26. The molecule has 122 valence electrons. The lowest BCUT2D eigenvalue weighted by atomic mass is 10.0. The molecule has 0 saturated carbocycles. The first-order valence-electron chi connectivity index (χ1n) is 7.79. The fourth-order valence-corrected chi connectivity index (χ4v) is 3.00. The summed E-state index contributed by atoms with van der Waals surface area (Å²) in [6.07, 6.45) is 0.711. The number of aromatic nitrogens is 1. The first kappa shape index (κ1) is 14.6. The van der Waals surface area contributed by atoms with Crippen molar-refractivity contribution in [2.75, 3.05) is 6.61 Å². The molecule has 1 unspecified atom stereocenters. The van der Waals surface area contributed by atoms with Crippen LogP contribution in [0.4, 0.5) is 0 Å². The topological polar surface area (TPSA) is 73.5 Å². The fraction of sp³-hybridized carbons (Fsp3) is 0.222. The van der Waals surface area contributed by atoms with Crippen molar-refractivity contribution in [1.82, 2.24) is 9.88 Å². The molecule has 1 aromatic heterocycles. The molecule has 24 heavy (non-hydrogen) atoms. The largest absolute Gasteiger partial charge is 0.491 e. The van der Waals surface area contributed by atoms with Gasteiger partial charge >= 0.3 is 5.76 Å². The Morgan fingerprint density at radius 1 is 1.17 bits per heavy atom. The van der Waals surface area contributed by atoms with Crippen molar-refractivity contribution in [2.24, 2.45) is 0 Å². The van der Waals surface area contributed by atoms with Crippen molar-refractivity contribution in [3.63, 3.8) is 0 Å². The van der Waals surface area contributed by atoms with Gasteiger partial charge in [0.15, 0.2) is 5.58 Å². The number of fused-ring (bicyclic) bond motifs is 2. The number of nitrogens with zero attached hydrogens (tertiary/aromatic N) is 1. The monoisotopic (exact) mass is 324 g/mol. The molecule has 1 atom stereocenters. The molecule has 4 rings (SSSR count). The minimum Gasteiger partial charge on any atom is -0.491 e. The van der Waals surface area contributed by atoms with Crippen LogP contribution in [0, 0.1) is 0 Å². The van der Waals surface area contributed by atoms with Crippen LogP contribution in [-0.2, 0) is 17.8 Å². The molecular weight excluding hydrogens is 308 g/mol. The number of benzene rings is 2. The van der Waals surface area contributed by atoms with Gasteiger partial charge in [0.05, 0.1) is 11.6 Å². The van der Waals surface area contributed by atoms with Gasteiger partial charge in [-0.1, -0.05) is 30.3 Å². The lowest BCUT2D eigenvalue weighted by molar-refractivity contribution is -0.122. The highest BCUT2D eigenvalue weighted by atomic mass is 16.5. The number of ether oxygens (including phenoxy) is 1. The molecule has 0 radical (unpaired) electrons. The summed E-state index contributed by atoms with van der Waals surface area (Å²) in [5.74, 6) is 0.0910. The van der Waals surface area contributed by atoms with E-state index in [0.717, 1.165) is 11.3 Å². The van der Waals surface area contributed by atoms with E-state index in [4.69, 9.17) is 9.15 Å². The van der Waals surface area contributed by atoms with Crippen LogP contribution < -0.4 is 15.8 Å². The molecule has 0 spiro atoms. The standard InChI is InChI=1S/C18H16N2O4/c21-17(10-20-14-6-2-4-8-16(14)24-18(20)22)19-13-9-12-5-1-3-7-15(12)23-11-13/h1-8,13H,9-11H2,(H,19,21). The van der Waals surface area contributed by atoms with Crippen molar-refractivity contribution in [3.05, 3.63) is 64.6 Å². The number of carbonyl (C=O) groups excluding carboxylic acids is 1. The van der Waals surface area contributed by atoms with E-state index in [1.54, 1.807) is 24.3 Å². The maximum absolute atomic E-state index is 12.3. The summed E-state index contributed by atoms with van der Waals surface area (Å²) in [7, 11) is 0. The van der Waals surface area contributed by atoms with Crippen LogP contribution in [0.2, 0.25) is 0 Å². The molecule has 2 aromatic carbocycles. The van der Waals surface area contributed by atoms with Gasteiger partial charge in [0.2, 0.25) is 5.91 Å². The van der Waals surface area contributed by atoms with E-state index in [1.165, 1.54) is 4.57 Å². The second-order valence-corrected chi connectivity index (χ2v) is 5.81. The van der Waals surface area contributed by atoms with E-state index >= 15 is 0 Å². The van der Waals surface area contributed by atoms with Gasteiger partial charge < -0.3 is 14.5 Å². The van der Waals surface area contributed by atoms with Gasteiger partial charge in [0.25, 0.3) is 0 Å². The van der Waals surface area contributed by atoms with E-state index < -0.39 is 5.76 Å². The van der Waals surface area contributed by atoms with Crippen LogP contribution in [0.1, 0.15) is 5.56 Å². The molecule has 1 aliphatic rings. The number of nitrogens with one attached hydrogen (secondary N) is 1. The molecule has 3 aromatic rings. The van der Waals surface area contributed by atoms with Gasteiger partial charge in [-0.3, -0.25) is 9.36 Å². The normalized spacial score (nSPS) is 16.4. The second kappa shape index (κ2) is 5.88. The second-order valence-electron chi connectivity index (χ2n) is 5.81. The average molecular weight is 324 g/mol. The number of para-hydroxylation sites is 3. The molecule has 0 fully saturated rings. The van der Waals surface area contributed by atoms with Gasteiger partial charge in [-0.2, -0.15) is 0 Å². The third-order valence-electron chi connectivity index (χ3n) is 4.12. The lowest BCUT2D eigenvalue weighted by Crippen LogP contribution is -2.44. The Hall–Kier alpha value is -3.02. The zero-order chi connectivity index (χ0) is 16.5. The van der Waals surface area contributed by atoms with Gasteiger partial charge in [-0.15, -0.1) is 0 Å². The summed E-state index contributed by atoms with van der Waals surface area (Å²) in [5.41, 5.74) is 2.16. The van der Waals surface area contributed by atoms with Crippen LogP contribution in [-0.4, -0.2) is 23.1 Å². The summed E-state index contributed by atoms with van der Waals surface area (Å²) in [6, 6.07) is 14.7. The maximum Gasteiger partial charge on any atom is 0.420 e. The molecule has 0 bridgehead atoms. The minimum atomic E-state index is -0.531. The molecule has 0 saturated heterocycles. The number of rotatable bonds is 3. The summed E-state index contributed by atoms with van der Waals surface area (Å²) in [6.45, 7) is 0.345. The summed E-state index contributed by atoms with van der Waals surface area (Å²) in [4.78, 5) is 24.2. The highest BCUT2D eigenvalue weighted by Crippen LogP contribution is 2.23. The Bertz CT molecular complexity index is 957. The maximum atomic E-state index is 12.3. The minimum absolute atomic E-state index is 0.0754. The van der Waals surface area contributed by atoms with E-state index in [0.29, 0.717) is 24.1 Å². The number of hydrogen-bond acceptors (Lipinski definition) is 4. The van der Waals surface area contributed by atoms with Crippen LogP contribution in [0.5, 0.6) is 5.75 Å². The van der Waals surface area contributed by atoms with Gasteiger partial charge in [-0.25, -0.2) is 4.79 Å². The van der Waals surface area contributed by atoms with Crippen LogP contribution in [0.3, 0.4) is 0 Å². The molecule has 0 aliphatic carbocycles. The van der Waals surface area contributed by atoms with Crippen molar-refractivity contribution < 1.29 is 13.9 Å². The molecule has 6 heteroatoms. The Balaban J connectivity index is 1.47. The van der Waals surface area contributed by atoms with Gasteiger partial charge in [0, 0.05) is 0 Å². The number of amides is 1. The summed E-state index contributed by atoms with van der Waals surface area (Å²) < 4.78 is 12.1. The SMILES string of the molecule is O=C(Cn1c(=O)oc2ccccc21)NC1COc2ccccc2C1. The summed E-state index contributed by atoms with van der Waals surface area (Å²) in [5, 5.41) is 2.92. The Morgan fingerprint density at radius 2 is 1.96 bits per heavy atom. The zero-order valence-corrected chi connectivity index (χ0v) is 12.9. The van der Waals surface area contributed by atoms with Crippen molar-refractivity contribution >= 4 is 17.0 Å². The third kappa shape index (κ3) is 2.67. The first-order valence-corrected chi connectivity index (χ1v) is 7.79. The molecule has 6 nitrogen and oxygen atoms in total. The highest BCUT2D eigenvalue weighted by Gasteiger charge is 2.22.